The van der Waals surface area contributed by atoms with E-state index >= 15 is 0 Å². The molecule has 2 aliphatic rings. The molecule has 28 heavy (non-hydrogen) atoms. The lowest BCUT2D eigenvalue weighted by atomic mass is 9.85. The van der Waals surface area contributed by atoms with Crippen molar-refractivity contribution in [1.82, 2.24) is 9.99 Å². The molecule has 0 radical (unpaired) electrons. The van der Waals surface area contributed by atoms with E-state index in [1.807, 2.05) is 7.05 Å². The van der Waals surface area contributed by atoms with Gasteiger partial charge in [-0.15, -0.1) is 0 Å². The smallest absolute Gasteiger partial charge is 0.0855 e. The first-order chi connectivity index (χ1) is 13.5. The van der Waals surface area contributed by atoms with Crippen LogP contribution in [-0.2, 0) is 6.42 Å². The molecular weight excluding hydrogens is 348 g/mol. The second-order valence-corrected chi connectivity index (χ2v) is 7.84. The summed E-state index contributed by atoms with van der Waals surface area (Å²) in [6.07, 6.45) is 7.16. The Morgan fingerprint density at radius 1 is 1.32 bits per heavy atom. The average Bonchev–Trinajstić information content (AvgIpc) is 3.04. The molecule has 1 atom stereocenters. The maximum absolute atomic E-state index is 6.22. The number of nitrogens with one attached hydrogen (secondary N) is 1. The van der Waals surface area contributed by atoms with Gasteiger partial charge >= 0.3 is 0 Å². The molecule has 2 aliphatic heterocycles. The summed E-state index contributed by atoms with van der Waals surface area (Å²) >= 11 is 0. The van der Waals surface area contributed by atoms with E-state index in [1.165, 1.54) is 31.5 Å². The van der Waals surface area contributed by atoms with Crippen LogP contribution in [0, 0.1) is 5.92 Å². The maximum atomic E-state index is 6.22. The molecule has 0 saturated carbocycles. The van der Waals surface area contributed by atoms with Crippen LogP contribution in [-0.4, -0.2) is 43.1 Å². The fourth-order valence-electron chi connectivity index (χ4n) is 4.64. The zero-order valence-electron chi connectivity index (χ0n) is 17.7. The first-order valence-corrected chi connectivity index (χ1v) is 10.6. The summed E-state index contributed by atoms with van der Waals surface area (Å²) in [4.78, 5) is 4.58. The average molecular weight is 385 g/mol. The van der Waals surface area contributed by atoms with E-state index in [1.54, 1.807) is 6.20 Å². The number of aromatic nitrogens is 1. The Balaban J connectivity index is 1.96. The Labute approximate surface area is 169 Å². The molecule has 0 spiro atoms. The van der Waals surface area contributed by atoms with Gasteiger partial charge in [-0.1, -0.05) is 20.4 Å². The van der Waals surface area contributed by atoms with Crippen LogP contribution in [0.1, 0.15) is 56.5 Å². The van der Waals surface area contributed by atoms with Gasteiger partial charge in [-0.2, -0.15) is 0 Å². The Morgan fingerprint density at radius 3 is 2.43 bits per heavy atom. The lowest BCUT2D eigenvalue weighted by Gasteiger charge is -2.42. The van der Waals surface area contributed by atoms with Crippen molar-refractivity contribution in [1.29, 1.82) is 0 Å². The highest BCUT2D eigenvalue weighted by atomic mass is 15.6. The van der Waals surface area contributed by atoms with E-state index in [0.29, 0.717) is 5.70 Å². The highest BCUT2D eigenvalue weighted by molar-refractivity contribution is 6.13. The van der Waals surface area contributed by atoms with E-state index < -0.39 is 0 Å². The Kier molecular flexibility index (Phi) is 6.50. The van der Waals surface area contributed by atoms with E-state index in [2.05, 4.69) is 46.5 Å². The van der Waals surface area contributed by atoms with Gasteiger partial charge in [0.15, 0.2) is 0 Å². The number of rotatable bonds is 7. The van der Waals surface area contributed by atoms with Crippen LogP contribution < -0.4 is 21.8 Å². The second-order valence-electron chi connectivity index (χ2n) is 7.84. The zero-order chi connectivity index (χ0) is 20.3. The van der Waals surface area contributed by atoms with Crippen molar-refractivity contribution in [3.63, 3.8) is 0 Å². The highest BCUT2D eigenvalue weighted by Crippen LogP contribution is 2.29. The van der Waals surface area contributed by atoms with Crippen LogP contribution in [0.25, 0.3) is 5.70 Å². The third kappa shape index (κ3) is 3.70. The Morgan fingerprint density at radius 2 is 2.00 bits per heavy atom. The molecule has 154 valence electrons. The molecule has 0 aromatic carbocycles. The molecule has 6 heteroatoms. The summed E-state index contributed by atoms with van der Waals surface area (Å²) in [5.41, 5.74) is 18.0. The molecular formula is C22H36N6. The largest absolute Gasteiger partial charge is 0.404 e. The summed E-state index contributed by atoms with van der Waals surface area (Å²) in [6, 6.07) is 2.86. The van der Waals surface area contributed by atoms with Crippen molar-refractivity contribution in [3.05, 3.63) is 41.4 Å². The van der Waals surface area contributed by atoms with Crippen molar-refractivity contribution in [2.75, 3.05) is 31.7 Å². The Hall–Kier alpha value is -2.21. The van der Waals surface area contributed by atoms with Gasteiger partial charge in [0.05, 0.1) is 17.1 Å². The topological polar surface area (TPSA) is 84.6 Å². The predicted octanol–water partition coefficient (Wildman–Crippen LogP) is 2.36. The van der Waals surface area contributed by atoms with Gasteiger partial charge in [0.25, 0.3) is 0 Å². The lowest BCUT2D eigenvalue weighted by molar-refractivity contribution is 0.214. The van der Waals surface area contributed by atoms with Crippen molar-refractivity contribution < 1.29 is 0 Å². The zero-order valence-corrected chi connectivity index (χ0v) is 17.7. The normalized spacial score (nSPS) is 21.7. The number of aliphatic imine (C=N–C) groups is 1. The number of hydrogen-bond acceptors (Lipinski definition) is 5. The molecule has 0 bridgehead atoms. The summed E-state index contributed by atoms with van der Waals surface area (Å²) in [6.45, 7) is 11.6. The van der Waals surface area contributed by atoms with Crippen molar-refractivity contribution in [3.8, 4) is 0 Å². The fourth-order valence-corrected chi connectivity index (χ4v) is 4.64. The van der Waals surface area contributed by atoms with Gasteiger partial charge < -0.3 is 21.8 Å². The molecule has 5 N–H and O–H groups in total. The summed E-state index contributed by atoms with van der Waals surface area (Å²) in [5, 5.41) is 6.02. The van der Waals surface area contributed by atoms with Crippen LogP contribution >= 0.6 is 0 Å². The van der Waals surface area contributed by atoms with Crippen molar-refractivity contribution in [2.24, 2.45) is 22.4 Å². The minimum Gasteiger partial charge on any atom is -0.404 e. The number of allylic oxidation sites excluding steroid dienone is 1. The fraction of sp³-hybridized carbons (Fsp3) is 0.591. The number of nitrogens with zero attached hydrogens (tertiary/aromatic N) is 3. The van der Waals surface area contributed by atoms with Gasteiger partial charge in [-0.3, -0.25) is 9.67 Å². The molecule has 0 amide bonds. The van der Waals surface area contributed by atoms with Gasteiger partial charge in [-0.05, 0) is 62.4 Å². The van der Waals surface area contributed by atoms with Crippen LogP contribution in [0.5, 0.6) is 0 Å². The van der Waals surface area contributed by atoms with Gasteiger partial charge in [-0.25, -0.2) is 0 Å². The van der Waals surface area contributed by atoms with Gasteiger partial charge in [0.1, 0.15) is 0 Å². The minimum absolute atomic E-state index is 0.592. The molecule has 1 unspecified atom stereocenters. The summed E-state index contributed by atoms with van der Waals surface area (Å²) in [5.74, 6) is 0.786. The standard InChI is InChI=1S/C22H36N6/c1-5-16(14-23)22(25-4)18-13-21(15(3)24)28(20(18)6-2)27-11-8-17(9-12-27)19-7-10-26-19/h13-14,17,19,26H,3,5-12,23-24H2,1-2,4H3. The summed E-state index contributed by atoms with van der Waals surface area (Å²) in [7, 11) is 1.83. The highest BCUT2D eigenvalue weighted by Gasteiger charge is 2.32. The second kappa shape index (κ2) is 8.86. The molecule has 1 aromatic heterocycles. The lowest BCUT2D eigenvalue weighted by Crippen LogP contribution is -2.53. The monoisotopic (exact) mass is 384 g/mol. The van der Waals surface area contributed by atoms with Gasteiger partial charge in [0.2, 0.25) is 0 Å². The maximum Gasteiger partial charge on any atom is 0.0855 e. The minimum atomic E-state index is 0.592. The molecule has 2 saturated heterocycles. The summed E-state index contributed by atoms with van der Waals surface area (Å²) < 4.78 is 2.30. The van der Waals surface area contributed by atoms with Crippen molar-refractivity contribution >= 4 is 11.4 Å². The molecule has 3 heterocycles. The third-order valence-electron chi connectivity index (χ3n) is 6.33. The van der Waals surface area contributed by atoms with Gasteiger partial charge in [0, 0.05) is 37.4 Å². The predicted molar refractivity (Wildman–Crippen MR) is 119 cm³/mol. The molecule has 2 fully saturated rings. The van der Waals surface area contributed by atoms with E-state index in [4.69, 9.17) is 11.5 Å². The van der Waals surface area contributed by atoms with Crippen LogP contribution in [0.2, 0.25) is 0 Å². The van der Waals surface area contributed by atoms with E-state index in [-0.39, 0.29) is 0 Å². The number of piperidine rings is 1. The van der Waals surface area contributed by atoms with Crippen molar-refractivity contribution in [2.45, 2.75) is 52.0 Å². The quantitative estimate of drug-likeness (QED) is 0.630. The van der Waals surface area contributed by atoms with Crippen LogP contribution in [0.3, 0.4) is 0 Å². The van der Waals surface area contributed by atoms with Crippen LogP contribution in [0.15, 0.2) is 29.4 Å². The SMILES string of the molecule is C=C(N)c1cc(C(=NC)C(=CN)CC)c(CC)n1N1CCC(C2CCN2)CC1. The number of hydrogen-bond donors (Lipinski definition) is 3. The first kappa shape index (κ1) is 20.5. The molecule has 1 aromatic rings. The number of nitrogens with two attached hydrogens (primary N) is 2. The molecule has 6 nitrogen and oxygen atoms in total. The molecule has 3 rings (SSSR count). The van der Waals surface area contributed by atoms with E-state index in [9.17, 15) is 0 Å². The Bertz CT molecular complexity index is 760. The first-order valence-electron chi connectivity index (χ1n) is 10.6. The molecule has 0 aliphatic carbocycles. The third-order valence-corrected chi connectivity index (χ3v) is 6.33. The van der Waals surface area contributed by atoms with Crippen LogP contribution in [0.4, 0.5) is 0 Å². The van der Waals surface area contributed by atoms with E-state index in [0.717, 1.165) is 60.4 Å².